The molecule has 1 aromatic carbocycles. The van der Waals surface area contributed by atoms with Crippen LogP contribution in [0.25, 0.3) is 0 Å². The minimum absolute atomic E-state index is 0.00685. The molecule has 0 aromatic heterocycles. The SMILES string of the molecule is O=C1NC(=O)C2(CCCCC2)N1Cc1ccc(CO)cc1. The Labute approximate surface area is 123 Å². The second kappa shape index (κ2) is 5.48. The van der Waals surface area contributed by atoms with Gasteiger partial charge >= 0.3 is 6.03 Å². The Bertz CT molecular complexity index is 547. The maximum atomic E-state index is 12.3. The molecule has 5 nitrogen and oxygen atoms in total. The smallest absolute Gasteiger partial charge is 0.325 e. The van der Waals surface area contributed by atoms with E-state index in [1.54, 1.807) is 4.90 Å². The Morgan fingerprint density at radius 1 is 1.05 bits per heavy atom. The summed E-state index contributed by atoms with van der Waals surface area (Å²) in [6, 6.07) is 7.21. The van der Waals surface area contributed by atoms with Gasteiger partial charge < -0.3 is 10.0 Å². The van der Waals surface area contributed by atoms with Crippen molar-refractivity contribution >= 4 is 11.9 Å². The van der Waals surface area contributed by atoms with Gasteiger partial charge in [0.05, 0.1) is 6.61 Å². The van der Waals surface area contributed by atoms with Gasteiger partial charge in [-0.3, -0.25) is 10.1 Å². The number of rotatable bonds is 3. The van der Waals surface area contributed by atoms with Crippen molar-refractivity contribution in [1.29, 1.82) is 0 Å². The normalized spacial score (nSPS) is 20.9. The lowest BCUT2D eigenvalue weighted by atomic mass is 9.80. The fourth-order valence-corrected chi connectivity index (χ4v) is 3.39. The number of benzene rings is 1. The number of carbonyl (C=O) groups is 2. The summed E-state index contributed by atoms with van der Waals surface area (Å²) in [7, 11) is 0. The van der Waals surface area contributed by atoms with Gasteiger partial charge in [0.25, 0.3) is 5.91 Å². The molecule has 2 N–H and O–H groups in total. The minimum Gasteiger partial charge on any atom is -0.392 e. The summed E-state index contributed by atoms with van der Waals surface area (Å²) in [5.41, 5.74) is 1.17. The number of aliphatic hydroxyl groups excluding tert-OH is 1. The van der Waals surface area contributed by atoms with Gasteiger partial charge in [0, 0.05) is 6.54 Å². The lowest BCUT2D eigenvalue weighted by Gasteiger charge is -2.38. The number of nitrogens with zero attached hydrogens (tertiary/aromatic N) is 1. The number of nitrogens with one attached hydrogen (secondary N) is 1. The van der Waals surface area contributed by atoms with E-state index in [9.17, 15) is 9.59 Å². The van der Waals surface area contributed by atoms with Crippen LogP contribution in [0.15, 0.2) is 24.3 Å². The van der Waals surface area contributed by atoms with Gasteiger partial charge in [0.1, 0.15) is 5.54 Å². The van der Waals surface area contributed by atoms with Crippen LogP contribution in [-0.4, -0.2) is 27.5 Å². The summed E-state index contributed by atoms with van der Waals surface area (Å²) in [5, 5.41) is 11.5. The first kappa shape index (κ1) is 14.1. The zero-order chi connectivity index (χ0) is 14.9. The van der Waals surface area contributed by atoms with Gasteiger partial charge in [0.2, 0.25) is 0 Å². The van der Waals surface area contributed by atoms with Gasteiger partial charge in [-0.25, -0.2) is 4.79 Å². The van der Waals surface area contributed by atoms with Crippen molar-refractivity contribution in [3.63, 3.8) is 0 Å². The van der Waals surface area contributed by atoms with Crippen molar-refractivity contribution in [1.82, 2.24) is 10.2 Å². The molecule has 3 amide bonds. The van der Waals surface area contributed by atoms with Crippen LogP contribution in [0.1, 0.15) is 43.2 Å². The van der Waals surface area contributed by atoms with Gasteiger partial charge in [-0.2, -0.15) is 0 Å². The first-order valence-electron chi connectivity index (χ1n) is 7.47. The highest BCUT2D eigenvalue weighted by molar-refractivity contribution is 6.07. The summed E-state index contributed by atoms with van der Waals surface area (Å²) in [6.45, 7) is 0.441. The minimum atomic E-state index is -0.648. The van der Waals surface area contributed by atoms with E-state index in [1.165, 1.54) is 0 Å². The van der Waals surface area contributed by atoms with E-state index in [1.807, 2.05) is 24.3 Å². The number of urea groups is 1. The number of imide groups is 1. The molecule has 3 rings (SSSR count). The topological polar surface area (TPSA) is 69.6 Å². The quantitative estimate of drug-likeness (QED) is 0.835. The van der Waals surface area contributed by atoms with E-state index in [4.69, 9.17) is 5.11 Å². The third kappa shape index (κ3) is 2.42. The Kier molecular flexibility index (Phi) is 3.68. The molecule has 2 aliphatic rings. The standard InChI is InChI=1S/C16H20N2O3/c19-11-13-6-4-12(5-7-13)10-18-15(21)17-14(20)16(18)8-2-1-3-9-16/h4-7,19H,1-3,8-11H2,(H,17,20,21). The first-order valence-corrected chi connectivity index (χ1v) is 7.47. The Hall–Kier alpha value is -1.88. The fraction of sp³-hybridized carbons (Fsp3) is 0.500. The zero-order valence-electron chi connectivity index (χ0n) is 12.0. The van der Waals surface area contributed by atoms with Crippen LogP contribution in [0.4, 0.5) is 4.79 Å². The van der Waals surface area contributed by atoms with Crippen LogP contribution >= 0.6 is 0 Å². The predicted molar refractivity (Wildman–Crippen MR) is 77.3 cm³/mol. The highest BCUT2D eigenvalue weighted by Gasteiger charge is 2.52. The molecule has 1 aromatic rings. The lowest BCUT2D eigenvalue weighted by molar-refractivity contribution is -0.128. The van der Waals surface area contributed by atoms with Crippen molar-refractivity contribution < 1.29 is 14.7 Å². The van der Waals surface area contributed by atoms with E-state index in [0.717, 1.165) is 43.2 Å². The van der Waals surface area contributed by atoms with E-state index in [-0.39, 0.29) is 18.5 Å². The third-order valence-corrected chi connectivity index (χ3v) is 4.63. The van der Waals surface area contributed by atoms with Gasteiger partial charge in [-0.05, 0) is 24.0 Å². The first-order chi connectivity index (χ1) is 10.2. The molecule has 1 aliphatic carbocycles. The van der Waals surface area contributed by atoms with Crippen LogP contribution in [0.3, 0.4) is 0 Å². The maximum absolute atomic E-state index is 12.3. The molecule has 0 bridgehead atoms. The second-order valence-electron chi connectivity index (χ2n) is 5.91. The van der Waals surface area contributed by atoms with Gasteiger partial charge in [-0.1, -0.05) is 43.5 Å². The molecular formula is C16H20N2O3. The highest BCUT2D eigenvalue weighted by atomic mass is 16.3. The number of amides is 3. The molecule has 21 heavy (non-hydrogen) atoms. The monoisotopic (exact) mass is 288 g/mol. The van der Waals surface area contributed by atoms with Crippen molar-refractivity contribution in [3.05, 3.63) is 35.4 Å². The largest absolute Gasteiger partial charge is 0.392 e. The number of hydrogen-bond acceptors (Lipinski definition) is 3. The maximum Gasteiger partial charge on any atom is 0.325 e. The molecule has 5 heteroatoms. The van der Waals surface area contributed by atoms with Gasteiger partial charge in [0.15, 0.2) is 0 Å². The predicted octanol–water partition coefficient (Wildman–Crippen LogP) is 1.93. The summed E-state index contributed by atoms with van der Waals surface area (Å²) in [5.74, 6) is -0.140. The van der Waals surface area contributed by atoms with Crippen LogP contribution in [0, 0.1) is 0 Å². The molecule has 0 radical (unpaired) electrons. The van der Waals surface area contributed by atoms with Crippen molar-refractivity contribution in [3.8, 4) is 0 Å². The van der Waals surface area contributed by atoms with E-state index < -0.39 is 5.54 Å². The Morgan fingerprint density at radius 3 is 2.29 bits per heavy atom. The molecule has 1 heterocycles. The summed E-state index contributed by atoms with van der Waals surface area (Å²) in [4.78, 5) is 26.1. The van der Waals surface area contributed by atoms with Crippen molar-refractivity contribution in [2.45, 2.75) is 50.8 Å². The van der Waals surface area contributed by atoms with E-state index in [2.05, 4.69) is 5.32 Å². The highest BCUT2D eigenvalue weighted by Crippen LogP contribution is 2.38. The lowest BCUT2D eigenvalue weighted by Crippen LogP contribution is -2.50. The molecule has 2 fully saturated rings. The van der Waals surface area contributed by atoms with Crippen LogP contribution < -0.4 is 5.32 Å². The second-order valence-corrected chi connectivity index (χ2v) is 5.91. The molecule has 1 aliphatic heterocycles. The van der Waals surface area contributed by atoms with Crippen LogP contribution in [0.2, 0.25) is 0 Å². The molecule has 112 valence electrons. The average molecular weight is 288 g/mol. The van der Waals surface area contributed by atoms with Crippen molar-refractivity contribution in [2.24, 2.45) is 0 Å². The Balaban J connectivity index is 1.84. The van der Waals surface area contributed by atoms with Crippen LogP contribution in [0.5, 0.6) is 0 Å². The summed E-state index contributed by atoms with van der Waals surface area (Å²) in [6.07, 6.45) is 4.60. The molecule has 1 saturated carbocycles. The third-order valence-electron chi connectivity index (χ3n) is 4.63. The summed E-state index contributed by atoms with van der Waals surface area (Å²) >= 11 is 0. The number of carbonyl (C=O) groups excluding carboxylic acids is 2. The molecule has 0 atom stereocenters. The summed E-state index contributed by atoms with van der Waals surface area (Å²) < 4.78 is 0. The molecule has 1 spiro atoms. The average Bonchev–Trinajstić information content (AvgIpc) is 2.73. The van der Waals surface area contributed by atoms with Crippen LogP contribution in [-0.2, 0) is 17.9 Å². The van der Waals surface area contributed by atoms with Crippen molar-refractivity contribution in [2.75, 3.05) is 0 Å². The van der Waals surface area contributed by atoms with E-state index in [0.29, 0.717) is 6.54 Å². The van der Waals surface area contributed by atoms with Gasteiger partial charge in [-0.15, -0.1) is 0 Å². The van der Waals surface area contributed by atoms with E-state index >= 15 is 0 Å². The number of aliphatic hydroxyl groups is 1. The number of hydrogen-bond donors (Lipinski definition) is 2. The zero-order valence-corrected chi connectivity index (χ0v) is 12.0. The molecule has 1 saturated heterocycles. The molecular weight excluding hydrogens is 268 g/mol. The Morgan fingerprint density at radius 2 is 1.67 bits per heavy atom. The fourth-order valence-electron chi connectivity index (χ4n) is 3.39. The molecule has 0 unspecified atom stereocenters.